The quantitative estimate of drug-likeness (QED) is 0.477. The second kappa shape index (κ2) is 8.46. The van der Waals surface area contributed by atoms with E-state index in [0.29, 0.717) is 0 Å². The van der Waals surface area contributed by atoms with Crippen LogP contribution in [0.4, 0.5) is 18.9 Å². The highest BCUT2D eigenvalue weighted by molar-refractivity contribution is 6.31. The molecule has 3 aromatic rings. The number of anilines is 1. The number of hydrogen-bond donors (Lipinski definition) is 0. The van der Waals surface area contributed by atoms with Gasteiger partial charge in [0.1, 0.15) is 6.61 Å². The fourth-order valence-electron chi connectivity index (χ4n) is 2.52. The second-order valence-electron chi connectivity index (χ2n) is 5.89. The van der Waals surface area contributed by atoms with Crippen LogP contribution in [0.15, 0.2) is 78.9 Å². The van der Waals surface area contributed by atoms with Crippen molar-refractivity contribution >= 4 is 23.2 Å². The van der Waals surface area contributed by atoms with E-state index in [1.807, 2.05) is 6.07 Å². The molecular weight excluding hydrogens is 391 g/mol. The number of hydroxylamine groups is 1. The number of carbonyl (C=O) groups is 1. The monoisotopic (exact) mass is 405 g/mol. The van der Waals surface area contributed by atoms with Crippen LogP contribution in [0.1, 0.15) is 21.5 Å². The molecular formula is C21H15ClF3NO2. The Morgan fingerprint density at radius 3 is 2.14 bits per heavy atom. The van der Waals surface area contributed by atoms with E-state index in [2.05, 4.69) is 0 Å². The van der Waals surface area contributed by atoms with Crippen LogP contribution in [0.25, 0.3) is 0 Å². The molecule has 28 heavy (non-hydrogen) atoms. The number of hydrogen-bond acceptors (Lipinski definition) is 2. The molecule has 0 radical (unpaired) electrons. The molecule has 3 rings (SSSR count). The van der Waals surface area contributed by atoms with Gasteiger partial charge in [-0.3, -0.25) is 9.63 Å². The molecule has 3 aromatic carbocycles. The standard InChI is InChI=1S/C21H15ClF3NO2/c22-19-12-11-17(13-18(19)21(23,24)25)26(20(27)16-9-5-2-6-10-16)28-14-15-7-3-1-4-8-15/h1-13H,14H2. The highest BCUT2D eigenvalue weighted by Gasteiger charge is 2.34. The summed E-state index contributed by atoms with van der Waals surface area (Å²) < 4.78 is 39.7. The van der Waals surface area contributed by atoms with Gasteiger partial charge < -0.3 is 0 Å². The third kappa shape index (κ3) is 4.71. The maximum atomic E-state index is 13.2. The van der Waals surface area contributed by atoms with E-state index in [-0.39, 0.29) is 17.9 Å². The van der Waals surface area contributed by atoms with Gasteiger partial charge in [-0.2, -0.15) is 18.2 Å². The second-order valence-corrected chi connectivity index (χ2v) is 6.29. The summed E-state index contributed by atoms with van der Waals surface area (Å²) in [7, 11) is 0. The molecule has 0 fully saturated rings. The summed E-state index contributed by atoms with van der Waals surface area (Å²) in [6.07, 6.45) is -4.66. The summed E-state index contributed by atoms with van der Waals surface area (Å²) >= 11 is 5.69. The minimum absolute atomic E-state index is 0.00336. The van der Waals surface area contributed by atoms with E-state index in [1.165, 1.54) is 6.07 Å². The normalized spacial score (nSPS) is 11.3. The van der Waals surface area contributed by atoms with E-state index in [9.17, 15) is 18.0 Å². The highest BCUT2D eigenvalue weighted by atomic mass is 35.5. The minimum Gasteiger partial charge on any atom is -0.266 e. The summed E-state index contributed by atoms with van der Waals surface area (Å²) in [5, 5.41) is 0.403. The van der Waals surface area contributed by atoms with Gasteiger partial charge in [-0.1, -0.05) is 60.1 Å². The fourth-order valence-corrected chi connectivity index (χ4v) is 2.74. The maximum Gasteiger partial charge on any atom is 0.417 e. The van der Waals surface area contributed by atoms with Crippen molar-refractivity contribution in [3.05, 3.63) is 101 Å². The SMILES string of the molecule is O=C(c1ccccc1)N(OCc1ccccc1)c1ccc(Cl)c(C(F)(F)F)c1. The van der Waals surface area contributed by atoms with Crippen LogP contribution in [0.2, 0.25) is 5.02 Å². The smallest absolute Gasteiger partial charge is 0.266 e. The average Bonchev–Trinajstić information content (AvgIpc) is 2.69. The van der Waals surface area contributed by atoms with Gasteiger partial charge in [0.05, 0.1) is 16.3 Å². The first-order valence-corrected chi connectivity index (χ1v) is 8.67. The third-order valence-electron chi connectivity index (χ3n) is 3.90. The van der Waals surface area contributed by atoms with Crippen LogP contribution in [0.3, 0.4) is 0 Å². The van der Waals surface area contributed by atoms with Crippen LogP contribution in [0, 0.1) is 0 Å². The topological polar surface area (TPSA) is 29.5 Å². The molecule has 0 heterocycles. The first-order valence-electron chi connectivity index (χ1n) is 8.29. The first-order chi connectivity index (χ1) is 13.4. The van der Waals surface area contributed by atoms with Crippen molar-refractivity contribution in [3.63, 3.8) is 0 Å². The molecule has 0 N–H and O–H groups in total. The number of amides is 1. The van der Waals surface area contributed by atoms with Gasteiger partial charge in [0.15, 0.2) is 0 Å². The first kappa shape index (κ1) is 19.9. The largest absolute Gasteiger partial charge is 0.417 e. The van der Waals surface area contributed by atoms with Crippen molar-refractivity contribution in [2.75, 3.05) is 5.06 Å². The molecule has 7 heteroatoms. The van der Waals surface area contributed by atoms with Crippen molar-refractivity contribution in [2.24, 2.45) is 0 Å². The zero-order valence-electron chi connectivity index (χ0n) is 14.5. The van der Waals surface area contributed by atoms with Crippen molar-refractivity contribution < 1.29 is 22.8 Å². The zero-order valence-corrected chi connectivity index (χ0v) is 15.2. The van der Waals surface area contributed by atoms with Crippen LogP contribution in [-0.2, 0) is 17.6 Å². The summed E-state index contributed by atoms with van der Waals surface area (Å²) in [5.41, 5.74) is -0.0696. The number of nitrogens with zero attached hydrogens (tertiary/aromatic N) is 1. The van der Waals surface area contributed by atoms with Crippen molar-refractivity contribution in [1.82, 2.24) is 0 Å². The Kier molecular flexibility index (Phi) is 6.02. The summed E-state index contributed by atoms with van der Waals surface area (Å²) in [5.74, 6) is -0.591. The van der Waals surface area contributed by atoms with Crippen LogP contribution >= 0.6 is 11.6 Å². The zero-order chi connectivity index (χ0) is 20.1. The lowest BCUT2D eigenvalue weighted by molar-refractivity contribution is -0.137. The van der Waals surface area contributed by atoms with E-state index in [4.69, 9.17) is 16.4 Å². The molecule has 0 unspecified atom stereocenters. The molecule has 144 valence electrons. The van der Waals surface area contributed by atoms with E-state index in [0.717, 1.165) is 22.8 Å². The lowest BCUT2D eigenvalue weighted by atomic mass is 10.1. The van der Waals surface area contributed by atoms with Gasteiger partial charge in [0.25, 0.3) is 5.91 Å². The Bertz CT molecular complexity index is 947. The highest BCUT2D eigenvalue weighted by Crippen LogP contribution is 2.37. The number of carbonyl (C=O) groups excluding carboxylic acids is 1. The van der Waals surface area contributed by atoms with E-state index in [1.54, 1.807) is 54.6 Å². The van der Waals surface area contributed by atoms with Gasteiger partial charge in [-0.05, 0) is 35.9 Å². The van der Waals surface area contributed by atoms with Gasteiger partial charge in [-0.15, -0.1) is 0 Å². The molecule has 1 amide bonds. The molecule has 0 aliphatic rings. The fraction of sp³-hybridized carbons (Fsp3) is 0.0952. The van der Waals surface area contributed by atoms with Crippen molar-refractivity contribution in [2.45, 2.75) is 12.8 Å². The van der Waals surface area contributed by atoms with Gasteiger partial charge in [0, 0.05) is 5.56 Å². The van der Waals surface area contributed by atoms with Crippen molar-refractivity contribution in [3.8, 4) is 0 Å². The average molecular weight is 406 g/mol. The van der Waals surface area contributed by atoms with E-state index >= 15 is 0 Å². The van der Waals surface area contributed by atoms with Crippen LogP contribution in [0.5, 0.6) is 0 Å². The molecule has 0 aliphatic heterocycles. The Morgan fingerprint density at radius 1 is 0.929 bits per heavy atom. The molecule has 0 bridgehead atoms. The molecule has 0 saturated heterocycles. The van der Waals surface area contributed by atoms with Crippen LogP contribution < -0.4 is 5.06 Å². The molecule has 0 spiro atoms. The van der Waals surface area contributed by atoms with Gasteiger partial charge >= 0.3 is 6.18 Å². The predicted octanol–water partition coefficient (Wildman–Crippen LogP) is 6.14. The summed E-state index contributed by atoms with van der Waals surface area (Å²) in [6, 6.07) is 20.4. The van der Waals surface area contributed by atoms with E-state index < -0.39 is 22.7 Å². The number of benzene rings is 3. The number of halogens is 4. The Labute approximate surface area is 164 Å². The van der Waals surface area contributed by atoms with Gasteiger partial charge in [-0.25, -0.2) is 0 Å². The lowest BCUT2D eigenvalue weighted by Gasteiger charge is -2.23. The predicted molar refractivity (Wildman–Crippen MR) is 101 cm³/mol. The van der Waals surface area contributed by atoms with Crippen LogP contribution in [-0.4, -0.2) is 5.91 Å². The Morgan fingerprint density at radius 2 is 1.54 bits per heavy atom. The van der Waals surface area contributed by atoms with Gasteiger partial charge in [0.2, 0.25) is 0 Å². The Balaban J connectivity index is 1.97. The maximum absolute atomic E-state index is 13.2. The molecule has 3 nitrogen and oxygen atoms in total. The Hall–Kier alpha value is -2.83. The number of rotatable bonds is 5. The molecule has 0 aromatic heterocycles. The van der Waals surface area contributed by atoms with Crippen molar-refractivity contribution in [1.29, 1.82) is 0 Å². The minimum atomic E-state index is -4.66. The number of alkyl halides is 3. The lowest BCUT2D eigenvalue weighted by Crippen LogP contribution is -2.31. The summed E-state index contributed by atoms with van der Waals surface area (Å²) in [4.78, 5) is 18.5. The summed E-state index contributed by atoms with van der Waals surface area (Å²) in [6.45, 7) is 0.00336. The molecule has 0 aliphatic carbocycles. The third-order valence-corrected chi connectivity index (χ3v) is 4.23. The molecule has 0 atom stereocenters. The molecule has 0 saturated carbocycles.